The Balaban J connectivity index is 1.63. The lowest BCUT2D eigenvalue weighted by molar-refractivity contribution is 0.817. The fraction of sp³-hybridized carbons (Fsp3) is 0.214. The summed E-state index contributed by atoms with van der Waals surface area (Å²) < 4.78 is 2.08. The quantitative estimate of drug-likeness (QED) is 0.730. The van der Waals surface area contributed by atoms with E-state index in [0.29, 0.717) is 0 Å². The van der Waals surface area contributed by atoms with Gasteiger partial charge in [0.15, 0.2) is 4.96 Å². The summed E-state index contributed by atoms with van der Waals surface area (Å²) in [6.45, 7) is 0.919. The van der Waals surface area contributed by atoms with Crippen LogP contribution in [0.2, 0.25) is 0 Å². The smallest absolute Gasteiger partial charge is 0.193 e. The summed E-state index contributed by atoms with van der Waals surface area (Å²) >= 11 is 3.50. The summed E-state index contributed by atoms with van der Waals surface area (Å²) in [4.78, 5) is 6.94. The molecule has 0 bridgehead atoms. The number of nitrogens with one attached hydrogen (secondary N) is 1. The average Bonchev–Trinajstić information content (AvgIpc) is 2.99. The zero-order valence-electron chi connectivity index (χ0n) is 10.7. The third kappa shape index (κ3) is 3.00. The Labute approximate surface area is 120 Å². The van der Waals surface area contributed by atoms with E-state index >= 15 is 0 Å². The van der Waals surface area contributed by atoms with Crippen molar-refractivity contribution in [3.05, 3.63) is 53.3 Å². The number of aromatic nitrogens is 2. The van der Waals surface area contributed by atoms with Crippen molar-refractivity contribution in [3.63, 3.8) is 0 Å². The fourth-order valence-electron chi connectivity index (χ4n) is 1.91. The van der Waals surface area contributed by atoms with E-state index in [2.05, 4.69) is 50.5 Å². The van der Waals surface area contributed by atoms with Gasteiger partial charge >= 0.3 is 0 Å². The molecule has 3 aromatic rings. The Hall–Kier alpha value is -1.30. The molecule has 0 aliphatic heterocycles. The molecule has 3 nitrogen and oxygen atoms in total. The van der Waals surface area contributed by atoms with Gasteiger partial charge in [0, 0.05) is 35.0 Å². The topological polar surface area (TPSA) is 29.3 Å². The lowest BCUT2D eigenvalue weighted by Crippen LogP contribution is -2.04. The van der Waals surface area contributed by atoms with Crippen LogP contribution in [-0.2, 0) is 12.3 Å². The molecule has 0 amide bonds. The monoisotopic (exact) mass is 289 g/mol. The van der Waals surface area contributed by atoms with Gasteiger partial charge in [-0.05, 0) is 24.7 Å². The van der Waals surface area contributed by atoms with Crippen LogP contribution in [0.5, 0.6) is 0 Å². The van der Waals surface area contributed by atoms with E-state index in [1.165, 1.54) is 10.5 Å². The summed E-state index contributed by atoms with van der Waals surface area (Å²) in [5.41, 5.74) is 2.45. The van der Waals surface area contributed by atoms with E-state index in [-0.39, 0.29) is 0 Å². The molecule has 0 aliphatic carbocycles. The van der Waals surface area contributed by atoms with Crippen molar-refractivity contribution in [1.29, 1.82) is 0 Å². The molecule has 0 aliphatic rings. The van der Waals surface area contributed by atoms with Crippen molar-refractivity contribution in [2.24, 2.45) is 0 Å². The number of imidazole rings is 1. The Kier molecular flexibility index (Phi) is 3.87. The Morgan fingerprint density at radius 3 is 2.89 bits per heavy atom. The SMILES string of the molecule is CNCc1ccc(SCc2cn3ccsc3n2)cc1. The van der Waals surface area contributed by atoms with E-state index in [0.717, 1.165) is 23.0 Å². The molecule has 2 heterocycles. The molecule has 19 heavy (non-hydrogen) atoms. The summed E-state index contributed by atoms with van der Waals surface area (Å²) in [5.74, 6) is 0.916. The second-order valence-corrected chi connectivity index (χ2v) is 6.21. The summed E-state index contributed by atoms with van der Waals surface area (Å²) in [6, 6.07) is 8.70. The molecule has 0 unspecified atom stereocenters. The highest BCUT2D eigenvalue weighted by atomic mass is 32.2. The predicted molar refractivity (Wildman–Crippen MR) is 81.8 cm³/mol. The van der Waals surface area contributed by atoms with Crippen LogP contribution in [0.1, 0.15) is 11.3 Å². The molecule has 0 radical (unpaired) electrons. The zero-order valence-corrected chi connectivity index (χ0v) is 12.3. The number of hydrogen-bond acceptors (Lipinski definition) is 4. The second kappa shape index (κ2) is 5.77. The van der Waals surface area contributed by atoms with Crippen molar-refractivity contribution in [1.82, 2.24) is 14.7 Å². The van der Waals surface area contributed by atoms with Crippen LogP contribution in [0.3, 0.4) is 0 Å². The van der Waals surface area contributed by atoms with Crippen LogP contribution in [0.25, 0.3) is 4.96 Å². The highest BCUT2D eigenvalue weighted by Gasteiger charge is 2.03. The minimum atomic E-state index is 0.916. The summed E-state index contributed by atoms with van der Waals surface area (Å²) in [6.07, 6.45) is 4.15. The van der Waals surface area contributed by atoms with Gasteiger partial charge in [0.05, 0.1) is 5.69 Å². The van der Waals surface area contributed by atoms with Crippen molar-refractivity contribution < 1.29 is 0 Å². The summed E-state index contributed by atoms with van der Waals surface area (Å²) in [7, 11) is 1.97. The molecule has 0 fully saturated rings. The Bertz CT molecular complexity index is 626. The second-order valence-electron chi connectivity index (χ2n) is 4.29. The number of rotatable bonds is 5. The number of thioether (sulfide) groups is 1. The maximum atomic E-state index is 4.59. The first kappa shape index (κ1) is 12.7. The van der Waals surface area contributed by atoms with E-state index in [1.807, 2.05) is 25.0 Å². The van der Waals surface area contributed by atoms with Crippen molar-refractivity contribution in [2.45, 2.75) is 17.2 Å². The standard InChI is InChI=1S/C14H15N3S2/c1-15-8-11-2-4-13(5-3-11)19-10-12-9-17-6-7-18-14(17)16-12/h2-7,9,15H,8,10H2,1H3. The molecule has 0 saturated carbocycles. The molecule has 0 spiro atoms. The largest absolute Gasteiger partial charge is 0.316 e. The fourth-order valence-corrected chi connectivity index (χ4v) is 3.41. The Morgan fingerprint density at radius 2 is 2.16 bits per heavy atom. The highest BCUT2D eigenvalue weighted by Crippen LogP contribution is 2.23. The molecule has 5 heteroatoms. The van der Waals surface area contributed by atoms with Gasteiger partial charge in [0.2, 0.25) is 0 Å². The van der Waals surface area contributed by atoms with Crippen LogP contribution in [-0.4, -0.2) is 16.4 Å². The maximum absolute atomic E-state index is 4.59. The van der Waals surface area contributed by atoms with Crippen LogP contribution in [0.15, 0.2) is 46.9 Å². The first-order valence-electron chi connectivity index (χ1n) is 6.12. The number of nitrogens with zero attached hydrogens (tertiary/aromatic N) is 2. The number of fused-ring (bicyclic) bond motifs is 1. The van der Waals surface area contributed by atoms with Gasteiger partial charge in [-0.1, -0.05) is 12.1 Å². The van der Waals surface area contributed by atoms with E-state index in [4.69, 9.17) is 0 Å². The van der Waals surface area contributed by atoms with Gasteiger partial charge in [0.25, 0.3) is 0 Å². The van der Waals surface area contributed by atoms with Crippen molar-refractivity contribution >= 4 is 28.1 Å². The molecule has 3 rings (SSSR count). The molecule has 1 N–H and O–H groups in total. The number of benzene rings is 1. The first-order chi connectivity index (χ1) is 9.35. The van der Waals surface area contributed by atoms with Gasteiger partial charge < -0.3 is 5.32 Å². The minimum Gasteiger partial charge on any atom is -0.316 e. The predicted octanol–water partition coefficient (Wildman–Crippen LogP) is 3.41. The molecule has 0 atom stereocenters. The van der Waals surface area contributed by atoms with Crippen molar-refractivity contribution in [2.75, 3.05) is 7.05 Å². The highest BCUT2D eigenvalue weighted by molar-refractivity contribution is 7.98. The van der Waals surface area contributed by atoms with Crippen molar-refractivity contribution in [3.8, 4) is 0 Å². The summed E-state index contributed by atoms with van der Waals surface area (Å²) in [5, 5.41) is 5.21. The van der Waals surface area contributed by atoms with Crippen LogP contribution >= 0.6 is 23.1 Å². The molecular weight excluding hydrogens is 274 g/mol. The lowest BCUT2D eigenvalue weighted by atomic mass is 10.2. The van der Waals surface area contributed by atoms with Gasteiger partial charge in [-0.25, -0.2) is 4.98 Å². The maximum Gasteiger partial charge on any atom is 0.193 e. The molecule has 98 valence electrons. The molecule has 0 saturated heterocycles. The lowest BCUT2D eigenvalue weighted by Gasteiger charge is -2.02. The first-order valence-corrected chi connectivity index (χ1v) is 7.99. The van der Waals surface area contributed by atoms with E-state index in [1.54, 1.807) is 11.3 Å². The van der Waals surface area contributed by atoms with Crippen LogP contribution < -0.4 is 5.32 Å². The molecule has 2 aromatic heterocycles. The van der Waals surface area contributed by atoms with Gasteiger partial charge in [-0.3, -0.25) is 4.40 Å². The van der Waals surface area contributed by atoms with E-state index < -0.39 is 0 Å². The van der Waals surface area contributed by atoms with Gasteiger partial charge in [-0.15, -0.1) is 23.1 Å². The third-order valence-electron chi connectivity index (χ3n) is 2.83. The number of hydrogen-bond donors (Lipinski definition) is 1. The molecular formula is C14H15N3S2. The zero-order chi connectivity index (χ0) is 13.1. The van der Waals surface area contributed by atoms with Crippen LogP contribution in [0.4, 0.5) is 0 Å². The average molecular weight is 289 g/mol. The van der Waals surface area contributed by atoms with Crippen LogP contribution in [0, 0.1) is 0 Å². The minimum absolute atomic E-state index is 0.916. The number of thiazole rings is 1. The van der Waals surface area contributed by atoms with Gasteiger partial charge in [0.1, 0.15) is 0 Å². The van der Waals surface area contributed by atoms with E-state index in [9.17, 15) is 0 Å². The molecule has 1 aromatic carbocycles. The van der Waals surface area contributed by atoms with Gasteiger partial charge in [-0.2, -0.15) is 0 Å². The normalized spacial score (nSPS) is 11.2. The Morgan fingerprint density at radius 1 is 1.32 bits per heavy atom. The third-order valence-corrected chi connectivity index (χ3v) is 4.65.